The van der Waals surface area contributed by atoms with Crippen molar-refractivity contribution in [1.29, 1.82) is 0 Å². The monoisotopic (exact) mass is 353 g/mol. The number of rotatable bonds is 5. The average Bonchev–Trinajstić information content (AvgIpc) is 2.56. The van der Waals surface area contributed by atoms with E-state index in [1.54, 1.807) is 7.05 Å². The van der Waals surface area contributed by atoms with Gasteiger partial charge in [-0.2, -0.15) is 0 Å². The van der Waals surface area contributed by atoms with Crippen molar-refractivity contribution in [2.75, 3.05) is 32.5 Å². The van der Waals surface area contributed by atoms with E-state index in [1.807, 2.05) is 45.0 Å². The van der Waals surface area contributed by atoms with Crippen LogP contribution in [-0.4, -0.2) is 53.5 Å². The molecule has 1 aliphatic rings. The van der Waals surface area contributed by atoms with Crippen LogP contribution in [0, 0.1) is 0 Å². The summed E-state index contributed by atoms with van der Waals surface area (Å²) >= 11 is 0. The standard InChI is InChI=1S/C17H27N3O3S/c1-17(2,3)24(21)10-9-19-16(18-4)20-11-13-12-22-14-7-5-6-8-15(14)23-13/h5-8,13H,9-12H2,1-4H3,(H2,18,19,20). The highest BCUT2D eigenvalue weighted by molar-refractivity contribution is 7.86. The molecule has 2 rings (SSSR count). The Labute approximate surface area is 146 Å². The zero-order valence-electron chi connectivity index (χ0n) is 14.8. The summed E-state index contributed by atoms with van der Waals surface area (Å²) in [6.07, 6.45) is -0.0813. The number of guanidine groups is 1. The Hall–Kier alpha value is -1.76. The summed E-state index contributed by atoms with van der Waals surface area (Å²) < 4.78 is 23.4. The average molecular weight is 353 g/mol. The highest BCUT2D eigenvalue weighted by Gasteiger charge is 2.21. The smallest absolute Gasteiger partial charge is 0.191 e. The van der Waals surface area contributed by atoms with Crippen LogP contribution in [0.25, 0.3) is 0 Å². The highest BCUT2D eigenvalue weighted by Crippen LogP contribution is 2.30. The van der Waals surface area contributed by atoms with Gasteiger partial charge < -0.3 is 20.1 Å². The van der Waals surface area contributed by atoms with Crippen molar-refractivity contribution in [3.05, 3.63) is 24.3 Å². The van der Waals surface area contributed by atoms with E-state index >= 15 is 0 Å². The van der Waals surface area contributed by atoms with Gasteiger partial charge in [-0.15, -0.1) is 0 Å². The summed E-state index contributed by atoms with van der Waals surface area (Å²) in [5.41, 5.74) is 0. The topological polar surface area (TPSA) is 72.0 Å². The number of nitrogens with one attached hydrogen (secondary N) is 2. The SMILES string of the molecule is CN=C(NCCS(=O)C(C)(C)C)NCC1COc2ccccc2O1. The molecule has 0 amide bonds. The first-order chi connectivity index (χ1) is 11.4. The molecule has 134 valence electrons. The van der Waals surface area contributed by atoms with E-state index < -0.39 is 10.8 Å². The van der Waals surface area contributed by atoms with E-state index in [0.29, 0.717) is 31.4 Å². The molecule has 0 spiro atoms. The predicted octanol–water partition coefficient (Wildman–Crippen LogP) is 1.54. The Balaban J connectivity index is 1.74. The second-order valence-corrected chi connectivity index (χ2v) is 8.86. The summed E-state index contributed by atoms with van der Waals surface area (Å²) in [4.78, 5) is 4.17. The van der Waals surface area contributed by atoms with Gasteiger partial charge in [0, 0.05) is 34.9 Å². The van der Waals surface area contributed by atoms with E-state index in [4.69, 9.17) is 9.47 Å². The van der Waals surface area contributed by atoms with Gasteiger partial charge in [-0.05, 0) is 32.9 Å². The van der Waals surface area contributed by atoms with Crippen LogP contribution in [0.2, 0.25) is 0 Å². The van der Waals surface area contributed by atoms with Crippen molar-refractivity contribution in [3.8, 4) is 11.5 Å². The molecule has 0 saturated heterocycles. The maximum atomic E-state index is 12.0. The van der Waals surface area contributed by atoms with Gasteiger partial charge >= 0.3 is 0 Å². The van der Waals surface area contributed by atoms with Crippen molar-refractivity contribution < 1.29 is 13.7 Å². The molecule has 2 N–H and O–H groups in total. The number of benzene rings is 1. The molecule has 1 aromatic rings. The normalized spacial score (nSPS) is 18.8. The minimum Gasteiger partial charge on any atom is -0.486 e. The number of para-hydroxylation sites is 2. The van der Waals surface area contributed by atoms with Crippen LogP contribution in [0.15, 0.2) is 29.3 Å². The maximum Gasteiger partial charge on any atom is 0.191 e. The third-order valence-corrected chi connectivity index (χ3v) is 5.49. The van der Waals surface area contributed by atoms with E-state index in [1.165, 1.54) is 0 Å². The summed E-state index contributed by atoms with van der Waals surface area (Å²) in [6, 6.07) is 7.65. The zero-order chi connectivity index (χ0) is 17.6. The lowest BCUT2D eigenvalue weighted by molar-refractivity contribution is 0.0936. The molecule has 7 heteroatoms. The second kappa shape index (κ2) is 8.37. The van der Waals surface area contributed by atoms with Crippen LogP contribution >= 0.6 is 0 Å². The molecule has 1 aromatic carbocycles. The number of hydrogen-bond acceptors (Lipinski definition) is 4. The third kappa shape index (κ3) is 5.40. The van der Waals surface area contributed by atoms with Crippen molar-refractivity contribution in [2.45, 2.75) is 31.6 Å². The number of nitrogens with zero attached hydrogens (tertiary/aromatic N) is 1. The molecule has 0 saturated carbocycles. The van der Waals surface area contributed by atoms with Crippen molar-refractivity contribution in [2.24, 2.45) is 4.99 Å². The number of ether oxygens (including phenoxy) is 2. The van der Waals surface area contributed by atoms with Crippen molar-refractivity contribution in [1.82, 2.24) is 10.6 Å². The molecule has 0 fully saturated rings. The predicted molar refractivity (Wildman–Crippen MR) is 98.5 cm³/mol. The largest absolute Gasteiger partial charge is 0.486 e. The molecule has 2 atom stereocenters. The first kappa shape index (κ1) is 18.6. The maximum absolute atomic E-state index is 12.0. The molecule has 0 radical (unpaired) electrons. The number of fused-ring (bicyclic) bond motifs is 1. The van der Waals surface area contributed by atoms with E-state index in [-0.39, 0.29) is 10.9 Å². The molecule has 0 aliphatic carbocycles. The first-order valence-corrected chi connectivity index (χ1v) is 9.43. The summed E-state index contributed by atoms with van der Waals surface area (Å²) in [6.45, 7) is 7.62. The van der Waals surface area contributed by atoms with Crippen LogP contribution in [0.3, 0.4) is 0 Å². The zero-order valence-corrected chi connectivity index (χ0v) is 15.6. The molecular weight excluding hydrogens is 326 g/mol. The van der Waals surface area contributed by atoms with Crippen molar-refractivity contribution in [3.63, 3.8) is 0 Å². The van der Waals surface area contributed by atoms with Gasteiger partial charge in [0.1, 0.15) is 12.7 Å². The van der Waals surface area contributed by atoms with Crippen LogP contribution in [0.1, 0.15) is 20.8 Å². The van der Waals surface area contributed by atoms with E-state index in [2.05, 4.69) is 15.6 Å². The summed E-state index contributed by atoms with van der Waals surface area (Å²) in [7, 11) is 0.833. The minimum atomic E-state index is -0.879. The molecular formula is C17H27N3O3S. The summed E-state index contributed by atoms with van der Waals surface area (Å²) in [5, 5.41) is 6.40. The van der Waals surface area contributed by atoms with Crippen LogP contribution in [-0.2, 0) is 10.8 Å². The van der Waals surface area contributed by atoms with E-state index in [9.17, 15) is 4.21 Å². The molecule has 1 heterocycles. The van der Waals surface area contributed by atoms with Crippen molar-refractivity contribution >= 4 is 16.8 Å². The lowest BCUT2D eigenvalue weighted by atomic mass is 10.2. The first-order valence-electron chi connectivity index (χ1n) is 8.11. The third-order valence-electron chi connectivity index (χ3n) is 3.55. The number of aliphatic imine (C=N–C) groups is 1. The lowest BCUT2D eigenvalue weighted by Crippen LogP contribution is -2.46. The van der Waals surface area contributed by atoms with Gasteiger partial charge in [-0.25, -0.2) is 0 Å². The highest BCUT2D eigenvalue weighted by atomic mass is 32.2. The molecule has 0 bridgehead atoms. The van der Waals surface area contributed by atoms with Gasteiger partial charge in [0.2, 0.25) is 0 Å². The number of hydrogen-bond donors (Lipinski definition) is 2. The Kier molecular flexibility index (Phi) is 6.48. The Morgan fingerprint density at radius 1 is 1.29 bits per heavy atom. The fourth-order valence-corrected chi connectivity index (χ4v) is 3.06. The van der Waals surface area contributed by atoms with Crippen LogP contribution < -0.4 is 20.1 Å². The molecule has 6 nitrogen and oxygen atoms in total. The minimum absolute atomic E-state index is 0.0813. The van der Waals surface area contributed by atoms with Gasteiger partial charge in [0.05, 0.1) is 6.54 Å². The fraction of sp³-hybridized carbons (Fsp3) is 0.588. The fourth-order valence-electron chi connectivity index (χ4n) is 2.16. The van der Waals surface area contributed by atoms with Gasteiger partial charge in [-0.1, -0.05) is 12.1 Å². The molecule has 1 aliphatic heterocycles. The molecule has 0 aromatic heterocycles. The van der Waals surface area contributed by atoms with Gasteiger partial charge in [0.25, 0.3) is 0 Å². The quantitative estimate of drug-likeness (QED) is 0.621. The summed E-state index contributed by atoms with van der Waals surface area (Å²) in [5.74, 6) is 2.80. The van der Waals surface area contributed by atoms with Crippen LogP contribution in [0.5, 0.6) is 11.5 Å². The second-order valence-electron chi connectivity index (χ2n) is 6.54. The van der Waals surface area contributed by atoms with Crippen LogP contribution in [0.4, 0.5) is 0 Å². The Bertz CT molecular complexity index is 599. The Morgan fingerprint density at radius 3 is 2.67 bits per heavy atom. The molecule has 24 heavy (non-hydrogen) atoms. The molecule has 2 unspecified atom stereocenters. The van der Waals surface area contributed by atoms with Gasteiger partial charge in [-0.3, -0.25) is 9.20 Å². The lowest BCUT2D eigenvalue weighted by Gasteiger charge is -2.27. The van der Waals surface area contributed by atoms with Gasteiger partial charge in [0.15, 0.2) is 17.5 Å². The Morgan fingerprint density at radius 2 is 2.00 bits per heavy atom. The van der Waals surface area contributed by atoms with E-state index in [0.717, 1.165) is 11.5 Å².